The maximum absolute atomic E-state index is 12.2. The number of H-pyrrole nitrogens is 1. The lowest BCUT2D eigenvalue weighted by molar-refractivity contribution is -0.746. The van der Waals surface area contributed by atoms with Crippen molar-refractivity contribution in [2.75, 3.05) is 19.5 Å². The lowest BCUT2D eigenvalue weighted by atomic mass is 10.1. The summed E-state index contributed by atoms with van der Waals surface area (Å²) in [4.78, 5) is 45.9. The molecule has 2 aromatic rings. The number of aromatic amines is 1. The topological polar surface area (TPSA) is 223 Å². The van der Waals surface area contributed by atoms with E-state index in [0.29, 0.717) is 0 Å². The molecule has 1 aliphatic heterocycles. The molecule has 0 aromatic carbocycles. The number of nitrogen functional groups attached to an aromatic ring is 1. The Labute approximate surface area is 172 Å². The van der Waals surface area contributed by atoms with Crippen molar-refractivity contribution in [2.24, 2.45) is 7.05 Å². The number of nitrogens with one attached hydrogen (secondary N) is 1. The molecule has 0 radical (unpaired) electrons. The molecule has 1 unspecified atom stereocenters. The van der Waals surface area contributed by atoms with E-state index in [1.807, 2.05) is 0 Å². The van der Waals surface area contributed by atoms with E-state index in [2.05, 4.69) is 9.97 Å². The number of hydrogen-bond acceptors (Lipinski definition) is 10. The van der Waals surface area contributed by atoms with Gasteiger partial charge in [0.05, 0.1) is 24.7 Å². The molecule has 18 heteroatoms. The Balaban J connectivity index is 1.88. The van der Waals surface area contributed by atoms with Crippen LogP contribution in [-0.4, -0.2) is 66.4 Å². The predicted molar refractivity (Wildman–Crippen MR) is 102 cm³/mol. The monoisotopic (exact) mass is 488 g/mol. The van der Waals surface area contributed by atoms with Gasteiger partial charge in [0.15, 0.2) is 6.33 Å². The van der Waals surface area contributed by atoms with Gasteiger partial charge in [-0.05, 0) is 0 Å². The van der Waals surface area contributed by atoms with E-state index in [9.17, 15) is 23.9 Å². The fraction of sp³-hybridized carbons (Fsp3) is 0.583. The van der Waals surface area contributed by atoms with Crippen LogP contribution >= 0.6 is 24.6 Å². The van der Waals surface area contributed by atoms with Crippen LogP contribution in [-0.2, 0) is 30.2 Å². The average Bonchev–Trinajstić information content (AvgIpc) is 3.07. The third kappa shape index (κ3) is 4.78. The van der Waals surface area contributed by atoms with Gasteiger partial charge in [-0.1, -0.05) is 4.98 Å². The van der Waals surface area contributed by atoms with E-state index < -0.39 is 61.3 Å². The summed E-state index contributed by atoms with van der Waals surface area (Å²) in [6.07, 6.45) is -3.09. The zero-order chi connectivity index (χ0) is 22.4. The minimum Gasteiger partial charge on any atom is -0.387 e. The molecule has 0 aliphatic carbocycles. The number of anilines is 1. The molecule has 3 rings (SSSR count). The summed E-state index contributed by atoms with van der Waals surface area (Å²) in [5, 5.41) is 10.5. The minimum atomic E-state index is -4.88. The number of nitrogens with zero attached hydrogens (tertiary/aromatic N) is 3. The molecule has 5 atom stereocenters. The summed E-state index contributed by atoms with van der Waals surface area (Å²) in [6.45, 7) is -10.3. The summed E-state index contributed by atoms with van der Waals surface area (Å²) in [7, 11) is 2.88. The number of nitrogens with two attached hydrogens (primary N) is 1. The van der Waals surface area contributed by atoms with Gasteiger partial charge in [0, 0.05) is 7.11 Å². The van der Waals surface area contributed by atoms with E-state index in [1.165, 1.54) is 22.6 Å². The van der Waals surface area contributed by atoms with Gasteiger partial charge in [0.1, 0.15) is 18.3 Å². The van der Waals surface area contributed by atoms with Crippen molar-refractivity contribution in [1.29, 1.82) is 0 Å². The summed E-state index contributed by atoms with van der Waals surface area (Å²) in [5.74, 6) is -0.143. The van der Waals surface area contributed by atoms with Crippen molar-refractivity contribution in [3.05, 3.63) is 16.7 Å². The van der Waals surface area contributed by atoms with E-state index in [0.717, 1.165) is 0 Å². The lowest BCUT2D eigenvalue weighted by Crippen LogP contribution is -2.47. The second-order valence-corrected chi connectivity index (χ2v) is 13.5. The van der Waals surface area contributed by atoms with Gasteiger partial charge in [-0.15, -0.1) is 0 Å². The molecular formula is C12H20N5O10P2S+. The van der Waals surface area contributed by atoms with Crippen LogP contribution < -0.4 is 15.9 Å². The summed E-state index contributed by atoms with van der Waals surface area (Å²) in [6, 6.07) is 0. The Morgan fingerprint density at radius 2 is 2.10 bits per heavy atom. The standard InChI is InChI=1S/C12H19N5O10P2S/c1-16-4-17(9-6(16)10(19)15-12(13)14-9)11-8(25-2)7(18)5(27-11)3-26-29(23,24)30-28(20,21)22/h4-5,7-8,11,18H,3H2,1-2H3,(H5-,13,14,15,19,20,21,22,23,24)/p+1/t5-,7-,8-,11-/m1/s1. The zero-order valence-electron chi connectivity index (χ0n) is 15.6. The smallest absolute Gasteiger partial charge is 0.387 e. The van der Waals surface area contributed by atoms with Crippen LogP contribution in [0.4, 0.5) is 5.95 Å². The Bertz CT molecular complexity index is 1100. The van der Waals surface area contributed by atoms with Crippen LogP contribution in [0.3, 0.4) is 0 Å². The first-order valence-electron chi connectivity index (χ1n) is 8.19. The molecule has 2 aromatic heterocycles. The van der Waals surface area contributed by atoms with E-state index in [4.69, 9.17) is 29.5 Å². The summed E-state index contributed by atoms with van der Waals surface area (Å²) in [5.41, 5.74) is 5.43. The Morgan fingerprint density at radius 1 is 1.43 bits per heavy atom. The Kier molecular flexibility index (Phi) is 6.47. The van der Waals surface area contributed by atoms with Crippen LogP contribution in [0.5, 0.6) is 0 Å². The van der Waals surface area contributed by atoms with Crippen molar-refractivity contribution < 1.29 is 47.5 Å². The zero-order valence-corrected chi connectivity index (χ0v) is 18.2. The minimum absolute atomic E-state index is 0.143. The number of aryl methyl sites for hydroxylation is 1. The largest absolute Gasteiger partial charge is 0.397 e. The van der Waals surface area contributed by atoms with Gasteiger partial charge < -0.3 is 35.0 Å². The predicted octanol–water partition coefficient (Wildman–Crippen LogP) is -1.65. The first-order valence-corrected chi connectivity index (χ1v) is 13.4. The fourth-order valence-corrected chi connectivity index (χ4v) is 7.74. The number of imidazole rings is 1. The van der Waals surface area contributed by atoms with Crippen LogP contribution in [0, 0.1) is 0 Å². The molecule has 15 nitrogen and oxygen atoms in total. The second-order valence-electron chi connectivity index (χ2n) is 6.35. The number of methoxy groups -OCH3 is 1. The number of aliphatic hydroxyl groups is 1. The summed E-state index contributed by atoms with van der Waals surface area (Å²) >= 11 is -0.528. The third-order valence-electron chi connectivity index (χ3n) is 4.26. The Morgan fingerprint density at radius 3 is 2.70 bits per heavy atom. The molecule has 168 valence electrons. The van der Waals surface area contributed by atoms with Crippen LogP contribution in [0.15, 0.2) is 11.1 Å². The molecule has 1 fully saturated rings. The lowest BCUT2D eigenvalue weighted by Gasteiger charge is -2.17. The van der Waals surface area contributed by atoms with E-state index in [-0.39, 0.29) is 17.1 Å². The van der Waals surface area contributed by atoms with E-state index in [1.54, 1.807) is 7.05 Å². The molecule has 0 amide bonds. The van der Waals surface area contributed by atoms with Crippen molar-refractivity contribution >= 4 is 41.7 Å². The summed E-state index contributed by atoms with van der Waals surface area (Å²) < 4.78 is 41.3. The van der Waals surface area contributed by atoms with Gasteiger partial charge in [-0.2, -0.15) is 0 Å². The van der Waals surface area contributed by atoms with Crippen molar-refractivity contribution in [2.45, 2.75) is 24.5 Å². The molecule has 1 aliphatic rings. The average molecular weight is 488 g/mol. The van der Waals surface area contributed by atoms with Crippen LogP contribution in [0.2, 0.25) is 0 Å². The number of rotatable bonds is 7. The number of ether oxygens (including phenoxy) is 2. The highest BCUT2D eigenvalue weighted by Crippen LogP contribution is 2.72. The highest BCUT2D eigenvalue weighted by Gasteiger charge is 2.49. The number of aliphatic hydroxyl groups excluding tert-OH is 1. The molecule has 0 saturated carbocycles. The number of fused-ring (bicyclic) bond motifs is 1. The second kappa shape index (κ2) is 8.31. The molecule has 7 N–H and O–H groups in total. The molecule has 0 spiro atoms. The quantitative estimate of drug-likeness (QED) is 0.190. The van der Waals surface area contributed by atoms with Crippen molar-refractivity contribution in [3.8, 4) is 0 Å². The van der Waals surface area contributed by atoms with Crippen LogP contribution in [0.25, 0.3) is 11.2 Å². The third-order valence-corrected chi connectivity index (χ3v) is 10.5. The van der Waals surface area contributed by atoms with Gasteiger partial charge >= 0.3 is 19.2 Å². The highest BCUT2D eigenvalue weighted by atomic mass is 33.1. The normalized spacial score (nSPS) is 26.9. The highest BCUT2D eigenvalue weighted by molar-refractivity contribution is 8.84. The molecule has 1 saturated heterocycles. The maximum atomic E-state index is 12.2. The first-order chi connectivity index (χ1) is 13.8. The van der Waals surface area contributed by atoms with Gasteiger partial charge in [-0.25, -0.2) is 13.7 Å². The van der Waals surface area contributed by atoms with Gasteiger partial charge in [0.2, 0.25) is 11.7 Å². The SMILES string of the molecule is CO[C@@H]1[C@H](O)[C@@H](COP(=O)(O)SP(=O)(O)O)O[C@H]1[n+]1cn(C)c2c(=O)[nH]c(N)nc21. The molecule has 30 heavy (non-hydrogen) atoms. The molecule has 0 bridgehead atoms. The van der Waals surface area contributed by atoms with Gasteiger partial charge in [-0.3, -0.25) is 18.9 Å². The molecule has 3 heterocycles. The van der Waals surface area contributed by atoms with Crippen molar-refractivity contribution in [1.82, 2.24) is 14.5 Å². The van der Waals surface area contributed by atoms with E-state index >= 15 is 0 Å². The van der Waals surface area contributed by atoms with Crippen LogP contribution in [0.1, 0.15) is 6.23 Å². The first kappa shape index (κ1) is 23.3. The number of aromatic nitrogens is 4. The number of hydrogen-bond donors (Lipinski definition) is 6. The Hall–Kier alpha value is -1.32. The fourth-order valence-electron chi connectivity index (χ4n) is 3.12. The maximum Gasteiger partial charge on any atom is 0.397 e. The van der Waals surface area contributed by atoms with Gasteiger partial charge in [0.25, 0.3) is 11.5 Å². The van der Waals surface area contributed by atoms with Crippen molar-refractivity contribution in [3.63, 3.8) is 0 Å². The molecular weight excluding hydrogens is 468 g/mol.